The SMILES string of the molecule is Cl.FC(F)(F)c1cc2nc([C@]34C[C@H]3CCN4)[nH]c2cc1Cl. The normalized spacial score (nSPS) is 27.5. The number of aromatic nitrogens is 2. The lowest BCUT2D eigenvalue weighted by Gasteiger charge is -2.08. The molecule has 0 unspecified atom stereocenters. The van der Waals surface area contributed by atoms with Gasteiger partial charge in [-0.1, -0.05) is 11.6 Å². The number of hydrogen-bond acceptors (Lipinski definition) is 2. The number of fused-ring (bicyclic) bond motifs is 2. The van der Waals surface area contributed by atoms with Crippen molar-refractivity contribution in [3.05, 3.63) is 28.5 Å². The largest absolute Gasteiger partial charge is 0.417 e. The number of H-pyrrole nitrogens is 1. The fourth-order valence-electron chi connectivity index (χ4n) is 3.20. The van der Waals surface area contributed by atoms with E-state index in [-0.39, 0.29) is 23.0 Å². The van der Waals surface area contributed by atoms with E-state index in [1.807, 2.05) is 0 Å². The van der Waals surface area contributed by atoms with Crippen molar-refractivity contribution in [2.45, 2.75) is 24.6 Å². The van der Waals surface area contributed by atoms with Gasteiger partial charge >= 0.3 is 6.18 Å². The third kappa shape index (κ3) is 2.12. The van der Waals surface area contributed by atoms with Crippen LogP contribution in [0.4, 0.5) is 13.2 Å². The van der Waals surface area contributed by atoms with E-state index in [9.17, 15) is 13.2 Å². The Morgan fingerprint density at radius 3 is 2.67 bits per heavy atom. The molecule has 114 valence electrons. The van der Waals surface area contributed by atoms with Gasteiger partial charge in [-0.25, -0.2) is 4.98 Å². The molecule has 2 heterocycles. The number of aromatic amines is 1. The van der Waals surface area contributed by atoms with E-state index in [0.29, 0.717) is 17.0 Å². The Bertz CT molecular complexity index is 712. The summed E-state index contributed by atoms with van der Waals surface area (Å²) in [6, 6.07) is 2.32. The van der Waals surface area contributed by atoms with Crippen LogP contribution in [0.5, 0.6) is 0 Å². The van der Waals surface area contributed by atoms with E-state index in [1.165, 1.54) is 6.07 Å². The number of rotatable bonds is 1. The van der Waals surface area contributed by atoms with Crippen LogP contribution in [-0.4, -0.2) is 16.5 Å². The zero-order valence-electron chi connectivity index (χ0n) is 10.7. The van der Waals surface area contributed by atoms with E-state index in [0.717, 1.165) is 31.3 Å². The summed E-state index contributed by atoms with van der Waals surface area (Å²) in [5, 5.41) is 3.09. The molecule has 1 aromatic heterocycles. The van der Waals surface area contributed by atoms with Gasteiger partial charge in [0.2, 0.25) is 0 Å². The molecule has 2 fully saturated rings. The van der Waals surface area contributed by atoms with E-state index >= 15 is 0 Å². The van der Waals surface area contributed by atoms with Crippen LogP contribution >= 0.6 is 24.0 Å². The molecule has 0 bridgehead atoms. The zero-order valence-corrected chi connectivity index (χ0v) is 12.3. The minimum atomic E-state index is -4.46. The molecule has 2 aromatic rings. The quantitative estimate of drug-likeness (QED) is 0.829. The van der Waals surface area contributed by atoms with Crippen LogP contribution in [0.1, 0.15) is 24.2 Å². The van der Waals surface area contributed by atoms with Crippen molar-refractivity contribution in [3.63, 3.8) is 0 Å². The van der Waals surface area contributed by atoms with E-state index in [2.05, 4.69) is 15.3 Å². The van der Waals surface area contributed by atoms with Crippen molar-refractivity contribution in [2.75, 3.05) is 6.54 Å². The number of halogens is 5. The highest BCUT2D eigenvalue weighted by Gasteiger charge is 2.60. The summed E-state index contributed by atoms with van der Waals surface area (Å²) in [5.41, 5.74) is -0.129. The Balaban J connectivity index is 0.00000132. The third-order valence-electron chi connectivity index (χ3n) is 4.34. The molecule has 4 rings (SSSR count). The first-order chi connectivity index (χ1) is 9.40. The number of piperidine rings is 1. The first kappa shape index (κ1) is 14.9. The van der Waals surface area contributed by atoms with Crippen LogP contribution in [0.2, 0.25) is 5.02 Å². The summed E-state index contributed by atoms with van der Waals surface area (Å²) in [6.07, 6.45) is -2.38. The van der Waals surface area contributed by atoms with Gasteiger partial charge in [0.25, 0.3) is 0 Å². The lowest BCUT2D eigenvalue weighted by molar-refractivity contribution is -0.137. The van der Waals surface area contributed by atoms with Crippen LogP contribution in [0.25, 0.3) is 11.0 Å². The molecule has 1 saturated carbocycles. The summed E-state index contributed by atoms with van der Waals surface area (Å²) in [5.74, 6) is 1.27. The van der Waals surface area contributed by atoms with Gasteiger partial charge in [0, 0.05) is 0 Å². The lowest BCUT2D eigenvalue weighted by Crippen LogP contribution is -2.26. The van der Waals surface area contributed by atoms with Crippen molar-refractivity contribution in [1.29, 1.82) is 0 Å². The molecule has 0 radical (unpaired) electrons. The Kier molecular flexibility index (Phi) is 3.21. The standard InChI is InChI=1S/C13H11ClF3N3.ClH/c14-8-4-10-9(3-7(8)13(15,16)17)19-11(20-10)12-5-6(12)1-2-18-12;/h3-4,6,18H,1-2,5H2,(H,19,20);1H/t6-,12+;/m1./s1. The lowest BCUT2D eigenvalue weighted by atomic mass is 10.2. The van der Waals surface area contributed by atoms with Crippen LogP contribution in [-0.2, 0) is 11.7 Å². The number of alkyl halides is 3. The molecule has 2 aliphatic rings. The zero-order chi connectivity index (χ0) is 14.1. The molecule has 21 heavy (non-hydrogen) atoms. The maximum Gasteiger partial charge on any atom is 0.417 e. The van der Waals surface area contributed by atoms with Gasteiger partial charge in [-0.15, -0.1) is 12.4 Å². The fourth-order valence-corrected chi connectivity index (χ4v) is 3.47. The molecule has 2 N–H and O–H groups in total. The second kappa shape index (κ2) is 4.51. The number of hydrogen-bond donors (Lipinski definition) is 2. The van der Waals surface area contributed by atoms with Crippen molar-refractivity contribution < 1.29 is 13.2 Å². The van der Waals surface area contributed by atoms with Crippen LogP contribution in [0.15, 0.2) is 12.1 Å². The minimum absolute atomic E-state index is 0. The Morgan fingerprint density at radius 2 is 2.10 bits per heavy atom. The summed E-state index contributed by atoms with van der Waals surface area (Å²) in [7, 11) is 0. The number of nitrogens with zero attached hydrogens (tertiary/aromatic N) is 1. The van der Waals surface area contributed by atoms with Gasteiger partial charge in [-0.2, -0.15) is 13.2 Å². The highest BCUT2D eigenvalue weighted by atomic mass is 35.5. The van der Waals surface area contributed by atoms with Crippen molar-refractivity contribution in [1.82, 2.24) is 15.3 Å². The van der Waals surface area contributed by atoms with E-state index in [1.54, 1.807) is 0 Å². The Hall–Kier alpha value is -0.980. The second-order valence-corrected chi connectivity index (χ2v) is 5.93. The van der Waals surface area contributed by atoms with Crippen LogP contribution in [0, 0.1) is 5.92 Å². The predicted molar refractivity (Wildman–Crippen MR) is 75.8 cm³/mol. The smallest absolute Gasteiger partial charge is 0.340 e. The van der Waals surface area contributed by atoms with Gasteiger partial charge in [-0.05, 0) is 37.4 Å². The molecule has 1 aliphatic heterocycles. The minimum Gasteiger partial charge on any atom is -0.340 e. The molecule has 2 atom stereocenters. The molecule has 8 heteroatoms. The Labute approximate surface area is 129 Å². The molecule has 0 amide bonds. The van der Waals surface area contributed by atoms with E-state index in [4.69, 9.17) is 11.6 Å². The second-order valence-electron chi connectivity index (χ2n) is 5.52. The van der Waals surface area contributed by atoms with Crippen molar-refractivity contribution in [3.8, 4) is 0 Å². The summed E-state index contributed by atoms with van der Waals surface area (Å²) in [6.45, 7) is 0.927. The maximum absolute atomic E-state index is 12.8. The number of benzene rings is 1. The molecule has 1 aliphatic carbocycles. The van der Waals surface area contributed by atoms with Gasteiger partial charge < -0.3 is 10.3 Å². The summed E-state index contributed by atoms with van der Waals surface area (Å²) < 4.78 is 38.5. The molecular formula is C13H12Cl2F3N3. The molecule has 3 nitrogen and oxygen atoms in total. The maximum atomic E-state index is 12.8. The van der Waals surface area contributed by atoms with Crippen LogP contribution < -0.4 is 5.32 Å². The third-order valence-corrected chi connectivity index (χ3v) is 4.65. The van der Waals surface area contributed by atoms with Gasteiger partial charge in [0.05, 0.1) is 27.2 Å². The highest BCUT2D eigenvalue weighted by Crippen LogP contribution is 2.56. The number of nitrogens with one attached hydrogen (secondary N) is 2. The highest BCUT2D eigenvalue weighted by molar-refractivity contribution is 6.32. The predicted octanol–water partition coefficient (Wildman–Crippen LogP) is 3.87. The summed E-state index contributed by atoms with van der Waals surface area (Å²) >= 11 is 5.72. The van der Waals surface area contributed by atoms with Gasteiger partial charge in [0.15, 0.2) is 0 Å². The monoisotopic (exact) mass is 337 g/mol. The molecule has 1 aromatic carbocycles. The first-order valence-electron chi connectivity index (χ1n) is 6.42. The van der Waals surface area contributed by atoms with Crippen LogP contribution in [0.3, 0.4) is 0 Å². The summed E-state index contributed by atoms with van der Waals surface area (Å²) in [4.78, 5) is 7.46. The van der Waals surface area contributed by atoms with E-state index < -0.39 is 11.7 Å². The average Bonchev–Trinajstić information content (AvgIpc) is 2.74. The molecular weight excluding hydrogens is 326 g/mol. The number of imidazole rings is 1. The van der Waals surface area contributed by atoms with Gasteiger partial charge in [0.1, 0.15) is 5.82 Å². The van der Waals surface area contributed by atoms with Crippen molar-refractivity contribution in [2.24, 2.45) is 5.92 Å². The Morgan fingerprint density at radius 1 is 1.33 bits per heavy atom. The van der Waals surface area contributed by atoms with Gasteiger partial charge in [-0.3, -0.25) is 0 Å². The first-order valence-corrected chi connectivity index (χ1v) is 6.80. The molecule has 0 spiro atoms. The van der Waals surface area contributed by atoms with Crippen molar-refractivity contribution >= 4 is 35.0 Å². The molecule has 1 saturated heterocycles. The fraction of sp³-hybridized carbons (Fsp3) is 0.462. The topological polar surface area (TPSA) is 40.7 Å². The average molecular weight is 338 g/mol.